The minimum atomic E-state index is -0.0965. The number of halogens is 1. The zero-order valence-electron chi connectivity index (χ0n) is 12.7. The molecule has 1 saturated heterocycles. The molecule has 1 aliphatic heterocycles. The lowest BCUT2D eigenvalue weighted by molar-refractivity contribution is 0.392. The first kappa shape index (κ1) is 15.3. The van der Waals surface area contributed by atoms with Gasteiger partial charge in [-0.2, -0.15) is 0 Å². The van der Waals surface area contributed by atoms with Gasteiger partial charge in [-0.15, -0.1) is 0 Å². The first-order valence-corrected chi connectivity index (χ1v) is 7.93. The summed E-state index contributed by atoms with van der Waals surface area (Å²) in [5, 5.41) is 0. The molecule has 0 aliphatic carbocycles. The summed E-state index contributed by atoms with van der Waals surface area (Å²) in [6.07, 6.45) is 5.26. The highest BCUT2D eigenvalue weighted by Gasteiger charge is 2.22. The zero-order valence-corrected chi connectivity index (χ0v) is 12.7. The predicted molar refractivity (Wildman–Crippen MR) is 83.6 cm³/mol. The van der Waals surface area contributed by atoms with Gasteiger partial charge in [-0.1, -0.05) is 32.4 Å². The van der Waals surface area contributed by atoms with E-state index in [0.717, 1.165) is 43.1 Å². The maximum atomic E-state index is 14.3. The number of anilines is 1. The maximum absolute atomic E-state index is 14.3. The van der Waals surface area contributed by atoms with Crippen molar-refractivity contribution in [1.29, 1.82) is 0 Å². The van der Waals surface area contributed by atoms with Crippen molar-refractivity contribution < 1.29 is 4.39 Å². The monoisotopic (exact) mass is 278 g/mol. The van der Waals surface area contributed by atoms with Gasteiger partial charge in [0.2, 0.25) is 0 Å². The molecule has 0 saturated carbocycles. The second kappa shape index (κ2) is 7.07. The Morgan fingerprint density at radius 3 is 2.60 bits per heavy atom. The van der Waals surface area contributed by atoms with E-state index >= 15 is 0 Å². The average Bonchev–Trinajstić information content (AvgIpc) is 2.47. The molecule has 3 heteroatoms. The molecule has 1 fully saturated rings. The van der Waals surface area contributed by atoms with E-state index in [1.807, 2.05) is 6.07 Å². The third-order valence-corrected chi connectivity index (χ3v) is 4.58. The van der Waals surface area contributed by atoms with Crippen molar-refractivity contribution in [1.82, 2.24) is 0 Å². The van der Waals surface area contributed by atoms with Crippen LogP contribution in [0.5, 0.6) is 0 Å². The fraction of sp³-hybridized carbons (Fsp3) is 0.647. The van der Waals surface area contributed by atoms with Crippen LogP contribution < -0.4 is 10.6 Å². The van der Waals surface area contributed by atoms with Crippen LogP contribution in [0.3, 0.4) is 0 Å². The number of piperidine rings is 1. The Morgan fingerprint density at radius 1 is 1.30 bits per heavy atom. The second-order valence-corrected chi connectivity index (χ2v) is 5.96. The van der Waals surface area contributed by atoms with Gasteiger partial charge in [0, 0.05) is 19.1 Å². The molecule has 0 amide bonds. The fourth-order valence-electron chi connectivity index (χ4n) is 3.07. The normalized spacial score (nSPS) is 18.3. The Balaban J connectivity index is 2.17. The van der Waals surface area contributed by atoms with Gasteiger partial charge in [-0.05, 0) is 43.2 Å². The molecular formula is C17H27FN2. The maximum Gasteiger partial charge on any atom is 0.146 e. The fourth-order valence-corrected chi connectivity index (χ4v) is 3.07. The summed E-state index contributed by atoms with van der Waals surface area (Å²) in [7, 11) is 0. The van der Waals surface area contributed by atoms with Crippen LogP contribution in [-0.4, -0.2) is 19.1 Å². The van der Waals surface area contributed by atoms with Crippen molar-refractivity contribution in [3.05, 3.63) is 29.6 Å². The smallest absolute Gasteiger partial charge is 0.146 e. The first-order valence-electron chi connectivity index (χ1n) is 7.93. The lowest BCUT2D eigenvalue weighted by atomic mass is 9.93. The minimum Gasteiger partial charge on any atom is -0.369 e. The Kier molecular flexibility index (Phi) is 5.41. The van der Waals surface area contributed by atoms with Gasteiger partial charge in [-0.3, -0.25) is 0 Å². The number of hydrogen-bond acceptors (Lipinski definition) is 2. The third kappa shape index (κ3) is 3.51. The first-order chi connectivity index (χ1) is 9.65. The molecule has 1 unspecified atom stereocenters. The molecule has 0 spiro atoms. The Hall–Kier alpha value is -1.09. The van der Waals surface area contributed by atoms with Crippen molar-refractivity contribution in [3.63, 3.8) is 0 Å². The van der Waals surface area contributed by atoms with Crippen LogP contribution in [0, 0.1) is 11.7 Å². The summed E-state index contributed by atoms with van der Waals surface area (Å²) in [5.74, 6) is 0.708. The Morgan fingerprint density at radius 2 is 2.00 bits per heavy atom. The number of nitrogens with zero attached hydrogens (tertiary/aromatic N) is 1. The van der Waals surface area contributed by atoms with Gasteiger partial charge in [-0.25, -0.2) is 4.39 Å². The molecule has 1 atom stereocenters. The van der Waals surface area contributed by atoms with Crippen molar-refractivity contribution in [2.45, 2.75) is 52.0 Å². The molecule has 0 radical (unpaired) electrons. The van der Waals surface area contributed by atoms with Crippen molar-refractivity contribution >= 4 is 5.69 Å². The number of nitrogens with two attached hydrogens (primary N) is 1. The summed E-state index contributed by atoms with van der Waals surface area (Å²) < 4.78 is 14.3. The summed E-state index contributed by atoms with van der Waals surface area (Å²) >= 11 is 0. The van der Waals surface area contributed by atoms with Gasteiger partial charge < -0.3 is 10.6 Å². The third-order valence-electron chi connectivity index (χ3n) is 4.58. The predicted octanol–water partition coefficient (Wildman–Crippen LogP) is 3.73. The zero-order chi connectivity index (χ0) is 14.5. The highest BCUT2D eigenvalue weighted by atomic mass is 19.1. The molecule has 2 rings (SSSR count). The summed E-state index contributed by atoms with van der Waals surface area (Å²) in [6, 6.07) is 5.51. The molecule has 1 aromatic carbocycles. The largest absolute Gasteiger partial charge is 0.369 e. The van der Waals surface area contributed by atoms with Crippen LogP contribution in [0.2, 0.25) is 0 Å². The van der Waals surface area contributed by atoms with Crippen LogP contribution in [0.4, 0.5) is 10.1 Å². The minimum absolute atomic E-state index is 0.0965. The van der Waals surface area contributed by atoms with E-state index in [1.54, 1.807) is 12.1 Å². The van der Waals surface area contributed by atoms with E-state index in [-0.39, 0.29) is 11.9 Å². The van der Waals surface area contributed by atoms with Crippen LogP contribution in [0.25, 0.3) is 0 Å². The van der Waals surface area contributed by atoms with E-state index < -0.39 is 0 Å². The molecule has 0 aromatic heterocycles. The number of hydrogen-bond donors (Lipinski definition) is 1. The topological polar surface area (TPSA) is 29.3 Å². The quantitative estimate of drug-likeness (QED) is 0.889. The SMILES string of the molecule is CCC(N)Cc1cccc(F)c1N1CCC(CC)CC1. The van der Waals surface area contributed by atoms with Crippen LogP contribution in [0.1, 0.15) is 45.1 Å². The Labute approximate surface area is 122 Å². The summed E-state index contributed by atoms with van der Waals surface area (Å²) in [4.78, 5) is 2.22. The van der Waals surface area contributed by atoms with Crippen LogP contribution in [-0.2, 0) is 6.42 Å². The highest BCUT2D eigenvalue weighted by molar-refractivity contribution is 5.55. The van der Waals surface area contributed by atoms with Gasteiger partial charge in [0.25, 0.3) is 0 Å². The van der Waals surface area contributed by atoms with Gasteiger partial charge in [0.15, 0.2) is 0 Å². The van der Waals surface area contributed by atoms with E-state index in [2.05, 4.69) is 18.7 Å². The van der Waals surface area contributed by atoms with E-state index in [4.69, 9.17) is 5.73 Å². The lowest BCUT2D eigenvalue weighted by Gasteiger charge is -2.35. The second-order valence-electron chi connectivity index (χ2n) is 5.96. The molecule has 1 aliphatic rings. The summed E-state index contributed by atoms with van der Waals surface area (Å²) in [5.41, 5.74) is 7.92. The lowest BCUT2D eigenvalue weighted by Crippen LogP contribution is -2.35. The molecule has 112 valence electrons. The molecular weight excluding hydrogens is 251 g/mol. The number of para-hydroxylation sites is 1. The number of rotatable bonds is 5. The molecule has 0 bridgehead atoms. The van der Waals surface area contributed by atoms with E-state index in [0.29, 0.717) is 0 Å². The summed E-state index contributed by atoms with van der Waals surface area (Å²) in [6.45, 7) is 6.26. The molecule has 1 heterocycles. The highest BCUT2D eigenvalue weighted by Crippen LogP contribution is 2.30. The standard InChI is InChI=1S/C17H27FN2/c1-3-13-8-10-20(11-9-13)17-14(12-15(19)4-2)6-5-7-16(17)18/h5-7,13,15H,3-4,8-12,19H2,1-2H3. The van der Waals surface area contributed by atoms with E-state index in [1.165, 1.54) is 19.3 Å². The molecule has 2 nitrogen and oxygen atoms in total. The van der Waals surface area contributed by atoms with Gasteiger partial charge >= 0.3 is 0 Å². The van der Waals surface area contributed by atoms with Crippen LogP contribution >= 0.6 is 0 Å². The molecule has 20 heavy (non-hydrogen) atoms. The van der Waals surface area contributed by atoms with Crippen molar-refractivity contribution in [2.75, 3.05) is 18.0 Å². The van der Waals surface area contributed by atoms with Gasteiger partial charge in [0.1, 0.15) is 5.82 Å². The molecule has 1 aromatic rings. The Bertz CT molecular complexity index is 425. The van der Waals surface area contributed by atoms with E-state index in [9.17, 15) is 4.39 Å². The van der Waals surface area contributed by atoms with Crippen molar-refractivity contribution in [2.24, 2.45) is 11.7 Å². The van der Waals surface area contributed by atoms with Gasteiger partial charge in [0.05, 0.1) is 5.69 Å². The average molecular weight is 278 g/mol. The molecule has 2 N–H and O–H groups in total. The van der Waals surface area contributed by atoms with Crippen LogP contribution in [0.15, 0.2) is 18.2 Å². The van der Waals surface area contributed by atoms with Crippen molar-refractivity contribution in [3.8, 4) is 0 Å². The number of benzene rings is 1.